The number of amides is 2. The Morgan fingerprint density at radius 1 is 0.867 bits per heavy atom. The molecule has 0 aliphatic heterocycles. The Hall–Kier alpha value is -3.67. The quantitative estimate of drug-likeness (QED) is 0.612. The molecule has 2 amide bonds. The lowest BCUT2D eigenvalue weighted by Crippen LogP contribution is -2.31. The summed E-state index contributed by atoms with van der Waals surface area (Å²) < 4.78 is 19.8. The third kappa shape index (κ3) is 4.84. The monoisotopic (exact) mass is 406 g/mol. The molecule has 0 aliphatic carbocycles. The molecule has 0 radical (unpaired) electrons. The van der Waals surface area contributed by atoms with Gasteiger partial charge in [-0.2, -0.15) is 0 Å². The molecular formula is C24H23FN2O3. The molecule has 0 saturated carbocycles. The average Bonchev–Trinajstić information content (AvgIpc) is 2.73. The topological polar surface area (TPSA) is 67.4 Å². The number of methoxy groups -OCH3 is 1. The van der Waals surface area contributed by atoms with Gasteiger partial charge in [-0.25, -0.2) is 4.39 Å². The number of benzene rings is 3. The first-order valence-corrected chi connectivity index (χ1v) is 9.54. The lowest BCUT2D eigenvalue weighted by Gasteiger charge is -2.13. The maximum absolute atomic E-state index is 14.7. The minimum Gasteiger partial charge on any atom is -0.497 e. The Balaban J connectivity index is 1.82. The van der Waals surface area contributed by atoms with Crippen LogP contribution in [-0.4, -0.2) is 25.0 Å². The fourth-order valence-electron chi connectivity index (χ4n) is 2.98. The normalized spacial score (nSPS) is 10.6. The van der Waals surface area contributed by atoms with Gasteiger partial charge in [0.1, 0.15) is 11.6 Å². The number of anilines is 1. The van der Waals surface area contributed by atoms with E-state index in [1.54, 1.807) is 49.6 Å². The van der Waals surface area contributed by atoms with Gasteiger partial charge < -0.3 is 15.4 Å². The van der Waals surface area contributed by atoms with Crippen LogP contribution >= 0.6 is 0 Å². The number of carbonyl (C=O) groups is 2. The zero-order valence-electron chi connectivity index (χ0n) is 17.0. The van der Waals surface area contributed by atoms with E-state index in [0.29, 0.717) is 22.6 Å². The highest BCUT2D eigenvalue weighted by Gasteiger charge is 2.17. The van der Waals surface area contributed by atoms with E-state index < -0.39 is 11.7 Å². The molecule has 154 valence electrons. The summed E-state index contributed by atoms with van der Waals surface area (Å²) in [4.78, 5) is 25.0. The summed E-state index contributed by atoms with van der Waals surface area (Å²) in [6, 6.07) is 18.2. The standard InChI is InChI=1S/C24H23FN2O3/c1-15(2)26-24(29)20-6-4-5-7-22(20)27-23(28)19-13-10-17(14-21(19)25)16-8-11-18(30-3)12-9-16/h4-15H,1-3H3,(H,26,29)(H,27,28). The second-order valence-electron chi connectivity index (χ2n) is 7.05. The molecule has 0 bridgehead atoms. The molecule has 0 heterocycles. The van der Waals surface area contributed by atoms with Crippen LogP contribution in [0.15, 0.2) is 66.7 Å². The van der Waals surface area contributed by atoms with E-state index in [1.807, 2.05) is 26.0 Å². The van der Waals surface area contributed by atoms with Gasteiger partial charge in [0.05, 0.1) is 23.9 Å². The smallest absolute Gasteiger partial charge is 0.258 e. The minimum absolute atomic E-state index is 0.0517. The highest BCUT2D eigenvalue weighted by atomic mass is 19.1. The van der Waals surface area contributed by atoms with Crippen LogP contribution in [0.2, 0.25) is 0 Å². The van der Waals surface area contributed by atoms with Crippen LogP contribution in [0.4, 0.5) is 10.1 Å². The lowest BCUT2D eigenvalue weighted by atomic mass is 10.0. The Morgan fingerprint density at radius 2 is 1.53 bits per heavy atom. The summed E-state index contributed by atoms with van der Waals surface area (Å²) in [6.45, 7) is 3.69. The molecule has 0 aliphatic rings. The molecular weight excluding hydrogens is 383 g/mol. The van der Waals surface area contributed by atoms with E-state index in [1.165, 1.54) is 12.1 Å². The third-order valence-electron chi connectivity index (χ3n) is 4.48. The molecule has 0 spiro atoms. The van der Waals surface area contributed by atoms with Crippen molar-refractivity contribution >= 4 is 17.5 Å². The third-order valence-corrected chi connectivity index (χ3v) is 4.48. The fraction of sp³-hybridized carbons (Fsp3) is 0.167. The maximum atomic E-state index is 14.7. The van der Waals surface area contributed by atoms with Crippen molar-refractivity contribution < 1.29 is 18.7 Å². The van der Waals surface area contributed by atoms with Crippen LogP contribution in [0.5, 0.6) is 5.75 Å². The molecule has 2 N–H and O–H groups in total. The summed E-state index contributed by atoms with van der Waals surface area (Å²) in [6.07, 6.45) is 0. The molecule has 3 aromatic rings. The molecule has 0 saturated heterocycles. The fourth-order valence-corrected chi connectivity index (χ4v) is 2.98. The highest BCUT2D eigenvalue weighted by molar-refractivity contribution is 6.09. The van der Waals surface area contributed by atoms with Gasteiger partial charge in [0.2, 0.25) is 0 Å². The minimum atomic E-state index is -0.648. The number of para-hydroxylation sites is 1. The summed E-state index contributed by atoms with van der Waals surface area (Å²) in [5.74, 6) is -0.880. The van der Waals surface area contributed by atoms with E-state index in [0.717, 1.165) is 5.56 Å². The molecule has 3 rings (SSSR count). The number of hydrogen-bond donors (Lipinski definition) is 2. The largest absolute Gasteiger partial charge is 0.497 e. The van der Waals surface area contributed by atoms with Gasteiger partial charge in [-0.3, -0.25) is 9.59 Å². The Labute approximate surface area is 174 Å². The van der Waals surface area contributed by atoms with Crippen LogP contribution in [0.25, 0.3) is 11.1 Å². The van der Waals surface area contributed by atoms with Crippen LogP contribution in [0.1, 0.15) is 34.6 Å². The number of nitrogens with one attached hydrogen (secondary N) is 2. The first-order valence-electron chi connectivity index (χ1n) is 9.54. The van der Waals surface area contributed by atoms with Gasteiger partial charge in [-0.05, 0) is 61.4 Å². The summed E-state index contributed by atoms with van der Waals surface area (Å²) in [7, 11) is 1.58. The summed E-state index contributed by atoms with van der Waals surface area (Å²) >= 11 is 0. The second kappa shape index (κ2) is 9.22. The van der Waals surface area contributed by atoms with Crippen molar-refractivity contribution in [2.24, 2.45) is 0 Å². The maximum Gasteiger partial charge on any atom is 0.258 e. The summed E-state index contributed by atoms with van der Waals surface area (Å²) in [5, 5.41) is 5.42. The highest BCUT2D eigenvalue weighted by Crippen LogP contribution is 2.25. The average molecular weight is 406 g/mol. The predicted molar refractivity (Wildman–Crippen MR) is 115 cm³/mol. The van der Waals surface area contributed by atoms with Crippen molar-refractivity contribution in [3.8, 4) is 16.9 Å². The molecule has 0 aromatic heterocycles. The van der Waals surface area contributed by atoms with Crippen molar-refractivity contribution in [1.29, 1.82) is 0 Å². The Morgan fingerprint density at radius 3 is 2.17 bits per heavy atom. The van der Waals surface area contributed by atoms with Crippen molar-refractivity contribution in [1.82, 2.24) is 5.32 Å². The van der Waals surface area contributed by atoms with Gasteiger partial charge in [0, 0.05) is 6.04 Å². The molecule has 0 unspecified atom stereocenters. The van der Waals surface area contributed by atoms with Crippen LogP contribution < -0.4 is 15.4 Å². The van der Waals surface area contributed by atoms with E-state index in [9.17, 15) is 14.0 Å². The lowest BCUT2D eigenvalue weighted by molar-refractivity contribution is 0.0944. The van der Waals surface area contributed by atoms with Crippen LogP contribution in [-0.2, 0) is 0 Å². The molecule has 0 atom stereocenters. The van der Waals surface area contributed by atoms with Gasteiger partial charge in [0.25, 0.3) is 11.8 Å². The number of carbonyl (C=O) groups excluding carboxylic acids is 2. The van der Waals surface area contributed by atoms with Crippen molar-refractivity contribution in [2.45, 2.75) is 19.9 Å². The van der Waals surface area contributed by atoms with Gasteiger partial charge in [-0.15, -0.1) is 0 Å². The molecule has 6 heteroatoms. The Kier molecular flexibility index (Phi) is 6.47. The van der Waals surface area contributed by atoms with E-state index in [-0.39, 0.29) is 17.5 Å². The van der Waals surface area contributed by atoms with Crippen molar-refractivity contribution in [3.63, 3.8) is 0 Å². The van der Waals surface area contributed by atoms with Gasteiger partial charge in [0.15, 0.2) is 0 Å². The number of ether oxygens (including phenoxy) is 1. The predicted octanol–water partition coefficient (Wildman–Crippen LogP) is 4.89. The summed E-state index contributed by atoms with van der Waals surface area (Å²) in [5.41, 5.74) is 1.97. The second-order valence-corrected chi connectivity index (χ2v) is 7.05. The number of hydrogen-bond acceptors (Lipinski definition) is 3. The van der Waals surface area contributed by atoms with Crippen molar-refractivity contribution in [3.05, 3.63) is 83.7 Å². The Bertz CT molecular complexity index is 1060. The SMILES string of the molecule is COc1ccc(-c2ccc(C(=O)Nc3ccccc3C(=O)NC(C)C)c(F)c2)cc1. The van der Waals surface area contributed by atoms with Crippen LogP contribution in [0, 0.1) is 5.82 Å². The molecule has 30 heavy (non-hydrogen) atoms. The van der Waals surface area contributed by atoms with Crippen LogP contribution in [0.3, 0.4) is 0 Å². The number of halogens is 1. The van der Waals surface area contributed by atoms with Gasteiger partial charge >= 0.3 is 0 Å². The first kappa shape index (κ1) is 21.0. The zero-order valence-corrected chi connectivity index (χ0v) is 17.0. The van der Waals surface area contributed by atoms with E-state index in [4.69, 9.17) is 4.74 Å². The van der Waals surface area contributed by atoms with Gasteiger partial charge in [-0.1, -0.05) is 30.3 Å². The molecule has 0 fully saturated rings. The number of rotatable bonds is 6. The van der Waals surface area contributed by atoms with E-state index in [2.05, 4.69) is 10.6 Å². The first-order chi connectivity index (χ1) is 14.4. The zero-order chi connectivity index (χ0) is 21.7. The van der Waals surface area contributed by atoms with E-state index >= 15 is 0 Å². The molecule has 5 nitrogen and oxygen atoms in total. The van der Waals surface area contributed by atoms with Crippen molar-refractivity contribution in [2.75, 3.05) is 12.4 Å². The molecule has 3 aromatic carbocycles.